The van der Waals surface area contributed by atoms with Gasteiger partial charge in [0.05, 0.1) is 6.04 Å². The summed E-state index contributed by atoms with van der Waals surface area (Å²) in [5, 5.41) is 3.64. The van der Waals surface area contributed by atoms with Crippen molar-refractivity contribution < 1.29 is 18.8 Å². The Morgan fingerprint density at radius 2 is 1.61 bits per heavy atom. The number of nitrogens with one attached hydrogen (secondary N) is 2. The molecule has 328 valence electrons. The lowest BCUT2D eigenvalue weighted by Gasteiger charge is -2.47. The maximum absolute atomic E-state index is 15.3. The number of imide groups is 1. The summed E-state index contributed by atoms with van der Waals surface area (Å²) in [5.74, 6) is 0.772. The first-order chi connectivity index (χ1) is 29.9. The number of aromatic nitrogens is 3. The van der Waals surface area contributed by atoms with E-state index in [2.05, 4.69) is 73.2 Å². The topological polar surface area (TPSA) is 121 Å². The first kappa shape index (κ1) is 41.1. The Balaban J connectivity index is 0.690. The van der Waals surface area contributed by atoms with Gasteiger partial charge in [0.25, 0.3) is 5.91 Å². The highest BCUT2D eigenvalue weighted by molar-refractivity contribution is 6.05. The summed E-state index contributed by atoms with van der Waals surface area (Å²) in [5.41, 5.74) is 6.45. The van der Waals surface area contributed by atoms with Crippen LogP contribution in [0.2, 0.25) is 0 Å². The molecule has 13 heteroatoms. The minimum Gasteiger partial charge on any atom is -0.372 e. The minimum absolute atomic E-state index is 0.117. The van der Waals surface area contributed by atoms with Gasteiger partial charge < -0.3 is 24.6 Å². The number of anilines is 2. The summed E-state index contributed by atoms with van der Waals surface area (Å²) in [6, 6.07) is 14.0. The summed E-state index contributed by atoms with van der Waals surface area (Å²) in [7, 11) is 0. The van der Waals surface area contributed by atoms with Gasteiger partial charge in [0.15, 0.2) is 0 Å². The van der Waals surface area contributed by atoms with Crippen LogP contribution in [-0.4, -0.2) is 117 Å². The molecule has 3 amide bonds. The number of aromatic amines is 1. The highest BCUT2D eigenvalue weighted by Crippen LogP contribution is 2.44. The van der Waals surface area contributed by atoms with E-state index >= 15 is 4.39 Å². The molecule has 2 N–H and O–H groups in total. The second kappa shape index (κ2) is 16.3. The molecule has 6 aliphatic rings. The van der Waals surface area contributed by atoms with E-state index in [0.717, 1.165) is 72.5 Å². The van der Waals surface area contributed by atoms with E-state index in [1.807, 2.05) is 18.5 Å². The van der Waals surface area contributed by atoms with Crippen molar-refractivity contribution >= 4 is 40.3 Å². The predicted molar refractivity (Wildman–Crippen MR) is 239 cm³/mol. The molecule has 2 aromatic carbocycles. The Morgan fingerprint density at radius 3 is 2.34 bits per heavy atom. The second-order valence-electron chi connectivity index (χ2n) is 20.0. The number of rotatable bonds is 9. The summed E-state index contributed by atoms with van der Waals surface area (Å²) in [6.45, 7) is 13.8. The number of amides is 3. The molecular formula is C49H62FN9O3. The highest BCUT2D eigenvalue weighted by Gasteiger charge is 2.42. The van der Waals surface area contributed by atoms with Crippen LogP contribution in [0.3, 0.4) is 0 Å². The van der Waals surface area contributed by atoms with Crippen LogP contribution in [0.4, 0.5) is 16.0 Å². The zero-order chi connectivity index (χ0) is 42.8. The zero-order valence-corrected chi connectivity index (χ0v) is 36.7. The molecule has 0 bridgehead atoms. The molecule has 3 atom stereocenters. The van der Waals surface area contributed by atoms with Gasteiger partial charge in [-0.15, -0.1) is 0 Å². The van der Waals surface area contributed by atoms with Gasteiger partial charge in [-0.3, -0.25) is 24.6 Å². The van der Waals surface area contributed by atoms with E-state index in [1.54, 1.807) is 18.7 Å². The summed E-state index contributed by atoms with van der Waals surface area (Å²) in [4.78, 5) is 62.4. The van der Waals surface area contributed by atoms with Crippen molar-refractivity contribution in [2.45, 2.75) is 115 Å². The quantitative estimate of drug-likeness (QED) is 0.176. The second-order valence-corrected chi connectivity index (χ2v) is 20.0. The van der Waals surface area contributed by atoms with Gasteiger partial charge >= 0.3 is 0 Å². The number of nitrogens with zero attached hydrogens (tertiary/aromatic N) is 7. The van der Waals surface area contributed by atoms with Crippen LogP contribution in [0.15, 0.2) is 54.9 Å². The molecule has 0 radical (unpaired) electrons. The minimum atomic E-state index is -1.33. The summed E-state index contributed by atoms with van der Waals surface area (Å²) >= 11 is 0. The molecule has 4 aromatic rings. The average molecular weight is 844 g/mol. The third kappa shape index (κ3) is 7.99. The van der Waals surface area contributed by atoms with Gasteiger partial charge in [0.1, 0.15) is 11.7 Å². The summed E-state index contributed by atoms with van der Waals surface area (Å²) in [6.07, 6.45) is 14.0. The fourth-order valence-electron chi connectivity index (χ4n) is 11.7. The van der Waals surface area contributed by atoms with Crippen LogP contribution in [0.25, 0.3) is 10.9 Å². The number of carbonyl (C=O) groups is 3. The monoisotopic (exact) mass is 843 g/mol. The van der Waals surface area contributed by atoms with Crippen LogP contribution in [0, 0.1) is 11.3 Å². The molecule has 0 saturated carbocycles. The fraction of sp³-hybridized carbons (Fsp3) is 0.571. The maximum atomic E-state index is 15.3. The summed E-state index contributed by atoms with van der Waals surface area (Å²) < 4.78 is 15.3. The molecule has 12 nitrogen and oxygen atoms in total. The van der Waals surface area contributed by atoms with Crippen molar-refractivity contribution in [3.63, 3.8) is 0 Å². The number of alkyl halides is 1. The molecule has 1 unspecified atom stereocenters. The van der Waals surface area contributed by atoms with Crippen LogP contribution >= 0.6 is 0 Å². The van der Waals surface area contributed by atoms with E-state index in [4.69, 9.17) is 9.97 Å². The van der Waals surface area contributed by atoms with Gasteiger partial charge in [-0.25, -0.2) is 14.4 Å². The number of carbonyl (C=O) groups excluding carboxylic acids is 3. The lowest BCUT2D eigenvalue weighted by atomic mass is 9.71. The molecule has 8 heterocycles. The fourth-order valence-corrected chi connectivity index (χ4v) is 11.7. The van der Waals surface area contributed by atoms with E-state index in [1.165, 1.54) is 75.5 Å². The van der Waals surface area contributed by atoms with E-state index in [0.29, 0.717) is 30.5 Å². The Bertz CT molecular complexity index is 2310. The first-order valence-electron chi connectivity index (χ1n) is 23.3. The van der Waals surface area contributed by atoms with Crippen LogP contribution in [0.1, 0.15) is 117 Å². The van der Waals surface area contributed by atoms with Gasteiger partial charge in [-0.1, -0.05) is 18.2 Å². The normalized spacial score (nSPS) is 25.1. The molecule has 10 rings (SSSR count). The zero-order valence-electron chi connectivity index (χ0n) is 36.7. The van der Waals surface area contributed by atoms with E-state index in [9.17, 15) is 14.4 Å². The molecule has 0 aliphatic carbocycles. The number of hydrogen-bond acceptors (Lipinski definition) is 9. The average Bonchev–Trinajstić information content (AvgIpc) is 3.80. The van der Waals surface area contributed by atoms with E-state index < -0.39 is 11.7 Å². The number of halogens is 1. The van der Waals surface area contributed by atoms with Crippen molar-refractivity contribution in [3.05, 3.63) is 82.8 Å². The van der Waals surface area contributed by atoms with Crippen molar-refractivity contribution in [1.82, 2.24) is 35.0 Å². The number of para-hydroxylation sites is 1. The Hall–Kier alpha value is -4.88. The highest BCUT2D eigenvalue weighted by atomic mass is 19.1. The number of fused-ring (bicyclic) bond motifs is 4. The smallest absolute Gasteiger partial charge is 0.255 e. The lowest BCUT2D eigenvalue weighted by molar-refractivity contribution is -0.136. The van der Waals surface area contributed by atoms with E-state index in [-0.39, 0.29) is 36.2 Å². The number of hydrogen-bond donors (Lipinski definition) is 2. The molecule has 4 fully saturated rings. The number of H-pyrrole nitrogens is 1. The Kier molecular flexibility index (Phi) is 10.9. The number of likely N-dealkylation sites (tertiary alicyclic amines) is 1. The maximum Gasteiger partial charge on any atom is 0.255 e. The van der Waals surface area contributed by atoms with Gasteiger partial charge in [0, 0.05) is 97.5 Å². The Labute approximate surface area is 364 Å². The van der Waals surface area contributed by atoms with Crippen molar-refractivity contribution in [2.75, 3.05) is 62.2 Å². The molecule has 6 aliphatic heterocycles. The molecule has 4 saturated heterocycles. The van der Waals surface area contributed by atoms with Gasteiger partial charge in [0.2, 0.25) is 17.8 Å². The van der Waals surface area contributed by atoms with Gasteiger partial charge in [-0.05, 0) is 145 Å². The van der Waals surface area contributed by atoms with Crippen molar-refractivity contribution in [3.8, 4) is 0 Å². The molecule has 1 spiro atoms. The molecule has 2 aromatic heterocycles. The number of piperidine rings is 4. The van der Waals surface area contributed by atoms with Crippen LogP contribution < -0.4 is 15.1 Å². The lowest BCUT2D eigenvalue weighted by Crippen LogP contribution is -2.52. The van der Waals surface area contributed by atoms with Crippen molar-refractivity contribution in [2.24, 2.45) is 11.3 Å². The Morgan fingerprint density at radius 1 is 0.887 bits per heavy atom. The third-order valence-corrected chi connectivity index (χ3v) is 15.4. The SMILES string of the molecule is C[C@@H]1Cc2c([nH]c3ccccc23)[C@@H](c2cnc(N3CCC4(CCN(CCC5CCN(c6ccc7c(c6)CN(C6CCC(=O)NC6=O)C7=O)CC5)CC4)CC3)nc2)N1CC(C)(C)F. The largest absolute Gasteiger partial charge is 0.372 e. The van der Waals surface area contributed by atoms with Gasteiger partial charge in [-0.2, -0.15) is 0 Å². The number of benzene rings is 2. The molecule has 62 heavy (non-hydrogen) atoms. The van der Waals surface area contributed by atoms with Crippen molar-refractivity contribution in [1.29, 1.82) is 0 Å². The molecular weight excluding hydrogens is 782 g/mol. The van der Waals surface area contributed by atoms with Crippen LogP contribution in [0.5, 0.6) is 0 Å². The predicted octanol–water partition coefficient (Wildman–Crippen LogP) is 6.79. The first-order valence-corrected chi connectivity index (χ1v) is 23.3. The van der Waals surface area contributed by atoms with Crippen LogP contribution in [-0.2, 0) is 22.6 Å². The standard InChI is InChI=1S/C49H62FN9O3/c1-32-26-39-38-6-4-5-7-40(38)53-43(39)44(59(32)31-48(2,3)50)35-28-51-47(52-29-35)57-24-17-49(18-25-57)15-22-55(23-16-49)19-12-33-13-20-56(21-14-33)36-8-9-37-34(27-36)30-58(46(37)62)41-10-11-42(60)54-45(41)61/h4-9,27-29,32-33,41,44,53H,10-26,30-31H2,1-3H3,(H,54,60,61)/t32-,41?,44-/m1/s1. The third-order valence-electron chi connectivity index (χ3n) is 15.4.